The number of rotatable bonds is 8. The molecule has 0 spiro atoms. The lowest BCUT2D eigenvalue weighted by atomic mass is 9.78. The SMILES string of the molecule is CCC(C)C(CC1CCN(C(=O)OC(C)(C)C)CC1F)c1scc(C(=O)NCc2c(C)cc(C)[nH]c2=O)c1C. The van der Waals surface area contributed by atoms with Crippen molar-refractivity contribution in [2.24, 2.45) is 11.8 Å². The van der Waals surface area contributed by atoms with E-state index in [9.17, 15) is 14.4 Å². The minimum Gasteiger partial charge on any atom is -0.444 e. The Kier molecular flexibility index (Phi) is 10.0. The predicted molar refractivity (Wildman–Crippen MR) is 154 cm³/mol. The Hall–Kier alpha value is -2.68. The summed E-state index contributed by atoms with van der Waals surface area (Å²) in [6.07, 6.45) is 0.590. The summed E-state index contributed by atoms with van der Waals surface area (Å²) in [5.41, 5.74) is 2.89. The van der Waals surface area contributed by atoms with Gasteiger partial charge in [0.2, 0.25) is 0 Å². The van der Waals surface area contributed by atoms with Crippen molar-refractivity contribution in [3.8, 4) is 0 Å². The molecule has 1 fully saturated rings. The van der Waals surface area contributed by atoms with Crippen LogP contribution in [0.25, 0.3) is 0 Å². The van der Waals surface area contributed by atoms with Crippen molar-refractivity contribution >= 4 is 23.3 Å². The molecule has 2 aromatic rings. The molecule has 0 aliphatic carbocycles. The van der Waals surface area contributed by atoms with E-state index in [1.54, 1.807) is 11.3 Å². The van der Waals surface area contributed by atoms with E-state index in [-0.39, 0.29) is 36.4 Å². The zero-order valence-corrected chi connectivity index (χ0v) is 25.4. The summed E-state index contributed by atoms with van der Waals surface area (Å²) in [6, 6.07) is 1.89. The maximum Gasteiger partial charge on any atom is 0.410 e. The Bertz CT molecular complexity index is 1230. The monoisotopic (exact) mass is 561 g/mol. The first kappa shape index (κ1) is 30.9. The van der Waals surface area contributed by atoms with Crippen molar-refractivity contribution in [3.63, 3.8) is 0 Å². The fourth-order valence-electron chi connectivity index (χ4n) is 5.31. The molecule has 4 atom stereocenters. The molecule has 1 saturated heterocycles. The smallest absolute Gasteiger partial charge is 0.410 e. The van der Waals surface area contributed by atoms with Gasteiger partial charge in [-0.1, -0.05) is 20.3 Å². The van der Waals surface area contributed by atoms with Crippen LogP contribution < -0.4 is 10.9 Å². The van der Waals surface area contributed by atoms with Gasteiger partial charge in [0.15, 0.2) is 0 Å². The van der Waals surface area contributed by atoms with Crippen molar-refractivity contribution in [1.29, 1.82) is 0 Å². The van der Waals surface area contributed by atoms with Crippen LogP contribution in [-0.4, -0.2) is 46.7 Å². The van der Waals surface area contributed by atoms with Crippen molar-refractivity contribution < 1.29 is 18.7 Å². The molecule has 7 nitrogen and oxygen atoms in total. The number of carbonyl (C=O) groups excluding carboxylic acids is 2. The molecule has 2 N–H and O–H groups in total. The lowest BCUT2D eigenvalue weighted by molar-refractivity contribution is 0.00351. The van der Waals surface area contributed by atoms with Gasteiger partial charge in [-0.25, -0.2) is 9.18 Å². The fraction of sp³-hybridized carbons (Fsp3) is 0.633. The normalized spacial score (nSPS) is 19.5. The average molecular weight is 562 g/mol. The van der Waals surface area contributed by atoms with Gasteiger partial charge < -0.3 is 19.9 Å². The van der Waals surface area contributed by atoms with E-state index in [2.05, 4.69) is 24.1 Å². The number of piperidine rings is 1. The van der Waals surface area contributed by atoms with Gasteiger partial charge in [0.25, 0.3) is 11.5 Å². The van der Waals surface area contributed by atoms with Gasteiger partial charge in [-0.05, 0) is 89.3 Å². The maximum atomic E-state index is 15.4. The highest BCUT2D eigenvalue weighted by atomic mass is 32.1. The van der Waals surface area contributed by atoms with Crippen molar-refractivity contribution in [1.82, 2.24) is 15.2 Å². The molecular weight excluding hydrogens is 517 g/mol. The van der Waals surface area contributed by atoms with Gasteiger partial charge in [0, 0.05) is 34.6 Å². The number of amides is 2. The van der Waals surface area contributed by atoms with E-state index in [1.807, 2.05) is 53.0 Å². The number of H-pyrrole nitrogens is 1. The number of nitrogens with one attached hydrogen (secondary N) is 2. The molecule has 3 heterocycles. The minimum atomic E-state index is -1.13. The van der Waals surface area contributed by atoms with Crippen LogP contribution in [0.2, 0.25) is 0 Å². The van der Waals surface area contributed by atoms with Gasteiger partial charge in [0.05, 0.1) is 12.1 Å². The maximum absolute atomic E-state index is 15.4. The lowest BCUT2D eigenvalue weighted by Crippen LogP contribution is -2.47. The van der Waals surface area contributed by atoms with E-state index in [4.69, 9.17) is 4.74 Å². The molecule has 9 heteroatoms. The van der Waals surface area contributed by atoms with Gasteiger partial charge in [-0.3, -0.25) is 9.59 Å². The number of ether oxygens (including phenoxy) is 1. The number of pyridine rings is 1. The molecule has 4 unspecified atom stereocenters. The number of halogens is 1. The summed E-state index contributed by atoms with van der Waals surface area (Å²) < 4.78 is 20.8. The Morgan fingerprint density at radius 3 is 2.56 bits per heavy atom. The minimum absolute atomic E-state index is 0.0431. The molecule has 0 radical (unpaired) electrons. The summed E-state index contributed by atoms with van der Waals surface area (Å²) >= 11 is 1.55. The van der Waals surface area contributed by atoms with Gasteiger partial charge in [-0.2, -0.15) is 0 Å². The number of aryl methyl sites for hydroxylation is 2. The summed E-state index contributed by atoms with van der Waals surface area (Å²) in [6.45, 7) is 16.1. The predicted octanol–water partition coefficient (Wildman–Crippen LogP) is 6.41. The number of hydrogen-bond acceptors (Lipinski definition) is 5. The molecule has 0 saturated carbocycles. The van der Waals surface area contributed by atoms with Gasteiger partial charge in [-0.15, -0.1) is 11.3 Å². The van der Waals surface area contributed by atoms with Crippen molar-refractivity contribution in [2.75, 3.05) is 13.1 Å². The van der Waals surface area contributed by atoms with Crippen molar-refractivity contribution in [2.45, 2.75) is 98.9 Å². The number of aromatic amines is 1. The summed E-state index contributed by atoms with van der Waals surface area (Å²) in [5.74, 6) is 0.0344. The Morgan fingerprint density at radius 2 is 1.97 bits per heavy atom. The number of alkyl halides is 1. The average Bonchev–Trinajstić information content (AvgIpc) is 3.21. The van der Waals surface area contributed by atoms with Crippen LogP contribution in [0.3, 0.4) is 0 Å². The zero-order chi connectivity index (χ0) is 29.1. The topological polar surface area (TPSA) is 91.5 Å². The van der Waals surface area contributed by atoms with E-state index in [1.165, 1.54) is 4.90 Å². The molecule has 39 heavy (non-hydrogen) atoms. The van der Waals surface area contributed by atoms with Crippen LogP contribution in [0.5, 0.6) is 0 Å². The quantitative estimate of drug-likeness (QED) is 0.390. The molecule has 0 aromatic carbocycles. The van der Waals surface area contributed by atoms with Gasteiger partial charge in [0.1, 0.15) is 11.8 Å². The second kappa shape index (κ2) is 12.7. The summed E-state index contributed by atoms with van der Waals surface area (Å²) in [4.78, 5) is 43.3. The Balaban J connectivity index is 1.71. The van der Waals surface area contributed by atoms with E-state index in [0.717, 1.165) is 28.1 Å². The third-order valence-electron chi connectivity index (χ3n) is 7.79. The summed E-state index contributed by atoms with van der Waals surface area (Å²) in [5, 5.41) is 4.79. The highest BCUT2D eigenvalue weighted by Crippen LogP contribution is 2.42. The van der Waals surface area contributed by atoms with E-state index < -0.39 is 17.9 Å². The first-order chi connectivity index (χ1) is 18.2. The van der Waals surface area contributed by atoms with Crippen LogP contribution in [-0.2, 0) is 11.3 Å². The number of hydrogen-bond donors (Lipinski definition) is 2. The zero-order valence-electron chi connectivity index (χ0n) is 24.6. The molecule has 216 valence electrons. The van der Waals surface area contributed by atoms with E-state index in [0.29, 0.717) is 36.4 Å². The molecule has 2 aromatic heterocycles. The third-order valence-corrected chi connectivity index (χ3v) is 9.01. The number of nitrogens with zero attached hydrogens (tertiary/aromatic N) is 1. The highest BCUT2D eigenvalue weighted by Gasteiger charge is 2.36. The molecule has 0 bridgehead atoms. The van der Waals surface area contributed by atoms with Crippen LogP contribution in [0.15, 0.2) is 16.2 Å². The first-order valence-electron chi connectivity index (χ1n) is 13.9. The van der Waals surface area contributed by atoms with Gasteiger partial charge >= 0.3 is 6.09 Å². The number of likely N-dealkylation sites (tertiary alicyclic amines) is 1. The lowest BCUT2D eigenvalue weighted by Gasteiger charge is -2.37. The molecule has 1 aliphatic rings. The Morgan fingerprint density at radius 1 is 1.28 bits per heavy atom. The number of carbonyl (C=O) groups is 2. The fourth-order valence-corrected chi connectivity index (χ4v) is 6.62. The molecule has 1 aliphatic heterocycles. The standard InChI is InChI=1S/C30H44FN3O4S/c1-9-17(2)22(13-21-10-11-34(15-25(21)31)29(37)38-30(6,7)8)26-20(5)24(16-39-26)27(35)32-14-23-18(3)12-19(4)33-28(23)36/h12,16-17,21-22,25H,9-11,13-15H2,1-8H3,(H,32,35)(H,33,36). The molecule has 2 amide bonds. The molecule has 3 rings (SSSR count). The van der Waals surface area contributed by atoms with Crippen LogP contribution >= 0.6 is 11.3 Å². The van der Waals surface area contributed by atoms with Crippen LogP contribution in [0.4, 0.5) is 9.18 Å². The highest BCUT2D eigenvalue weighted by molar-refractivity contribution is 7.10. The van der Waals surface area contributed by atoms with Crippen molar-refractivity contribution in [3.05, 3.63) is 54.6 Å². The second-order valence-corrected chi connectivity index (χ2v) is 12.9. The van der Waals surface area contributed by atoms with E-state index >= 15 is 4.39 Å². The third kappa shape index (κ3) is 7.71. The molecular formula is C30H44FN3O4S. The largest absolute Gasteiger partial charge is 0.444 e. The second-order valence-electron chi connectivity index (χ2n) is 12.0. The first-order valence-corrected chi connectivity index (χ1v) is 14.8. The number of aromatic nitrogens is 1. The Labute approximate surface area is 235 Å². The number of thiophene rings is 1. The van der Waals surface area contributed by atoms with Crippen LogP contribution in [0, 0.1) is 32.6 Å². The summed E-state index contributed by atoms with van der Waals surface area (Å²) in [7, 11) is 0. The van der Waals surface area contributed by atoms with Crippen LogP contribution in [0.1, 0.15) is 97.4 Å².